The number of nitrogens with one attached hydrogen (secondary N) is 1. The lowest BCUT2D eigenvalue weighted by atomic mass is 10.0. The largest absolute Gasteiger partial charge is 0.379 e. The lowest BCUT2D eigenvalue weighted by Crippen LogP contribution is -2.53. The van der Waals surface area contributed by atoms with Gasteiger partial charge in [0.15, 0.2) is 0 Å². The van der Waals surface area contributed by atoms with Crippen molar-refractivity contribution in [3.8, 4) is 11.3 Å². The Hall–Kier alpha value is -2.50. The minimum absolute atomic E-state index is 0.00565. The molecular weight excluding hydrogens is 336 g/mol. The van der Waals surface area contributed by atoms with Gasteiger partial charge in [-0.25, -0.2) is 9.97 Å². The van der Waals surface area contributed by atoms with Crippen molar-refractivity contribution < 1.29 is 4.74 Å². The molecule has 0 radical (unpaired) electrons. The van der Waals surface area contributed by atoms with E-state index >= 15 is 0 Å². The van der Waals surface area contributed by atoms with Crippen LogP contribution < -0.4 is 5.32 Å². The summed E-state index contributed by atoms with van der Waals surface area (Å²) in [6.07, 6.45) is 0. The van der Waals surface area contributed by atoms with Gasteiger partial charge in [-0.3, -0.25) is 4.90 Å². The second-order valence-electron chi connectivity index (χ2n) is 7.54. The molecule has 0 atom stereocenters. The molecule has 0 amide bonds. The van der Waals surface area contributed by atoms with Crippen LogP contribution in [0.2, 0.25) is 0 Å². The smallest absolute Gasteiger partial charge is 0.223 e. The van der Waals surface area contributed by atoms with Gasteiger partial charge in [0.1, 0.15) is 0 Å². The van der Waals surface area contributed by atoms with Crippen LogP contribution in [0, 0.1) is 0 Å². The van der Waals surface area contributed by atoms with Crippen LogP contribution in [0.4, 0.5) is 5.95 Å². The number of anilines is 1. The first kappa shape index (κ1) is 17.9. The van der Waals surface area contributed by atoms with E-state index in [2.05, 4.69) is 42.3 Å². The van der Waals surface area contributed by atoms with Crippen LogP contribution in [0.25, 0.3) is 22.2 Å². The molecule has 1 N–H and O–H groups in total. The Morgan fingerprint density at radius 3 is 2.44 bits per heavy atom. The van der Waals surface area contributed by atoms with Crippen molar-refractivity contribution in [1.82, 2.24) is 14.9 Å². The molecule has 4 rings (SSSR count). The predicted molar refractivity (Wildman–Crippen MR) is 110 cm³/mol. The third-order valence-electron chi connectivity index (χ3n) is 5.20. The lowest BCUT2D eigenvalue weighted by molar-refractivity contribution is -0.00572. The Bertz CT molecular complexity index is 905. The highest BCUT2D eigenvalue weighted by Gasteiger charge is 2.28. The Kier molecular flexibility index (Phi) is 5.05. The molecule has 3 aromatic rings. The normalized spacial score (nSPS) is 15.8. The fraction of sp³-hybridized carbons (Fsp3) is 0.364. The van der Waals surface area contributed by atoms with Gasteiger partial charge in [0, 0.05) is 36.1 Å². The minimum atomic E-state index is 0.00565. The van der Waals surface area contributed by atoms with Crippen LogP contribution in [0.5, 0.6) is 0 Å². The van der Waals surface area contributed by atoms with Gasteiger partial charge in [0.2, 0.25) is 5.95 Å². The van der Waals surface area contributed by atoms with Gasteiger partial charge in [0.25, 0.3) is 0 Å². The molecule has 1 fully saturated rings. The van der Waals surface area contributed by atoms with E-state index in [4.69, 9.17) is 14.7 Å². The van der Waals surface area contributed by atoms with E-state index < -0.39 is 0 Å². The maximum Gasteiger partial charge on any atom is 0.223 e. The van der Waals surface area contributed by atoms with Crippen molar-refractivity contribution in [2.45, 2.75) is 19.4 Å². The quantitative estimate of drug-likeness (QED) is 0.748. The Balaban J connectivity index is 1.62. The van der Waals surface area contributed by atoms with Crippen molar-refractivity contribution in [2.75, 3.05) is 38.2 Å². The fourth-order valence-electron chi connectivity index (χ4n) is 3.55. The first-order valence-electron chi connectivity index (χ1n) is 9.52. The average Bonchev–Trinajstić information content (AvgIpc) is 2.73. The Labute approximate surface area is 160 Å². The standard InChI is InChI=1S/C22H26N4O/c1-22(2,26-12-14-27-15-13-26)16-23-21-24-19-11-7-6-10-18(19)20(25-21)17-8-4-3-5-9-17/h3-11H,12-16H2,1-2H3,(H,23,24,25). The molecule has 27 heavy (non-hydrogen) atoms. The third-order valence-corrected chi connectivity index (χ3v) is 5.20. The van der Waals surface area contributed by atoms with Crippen molar-refractivity contribution in [2.24, 2.45) is 0 Å². The van der Waals surface area contributed by atoms with Crippen LogP contribution >= 0.6 is 0 Å². The number of aromatic nitrogens is 2. The molecule has 0 aliphatic carbocycles. The number of morpholine rings is 1. The third kappa shape index (κ3) is 3.94. The zero-order valence-corrected chi connectivity index (χ0v) is 16.0. The molecule has 1 aliphatic rings. The molecule has 140 valence electrons. The first-order valence-corrected chi connectivity index (χ1v) is 9.52. The van der Waals surface area contributed by atoms with E-state index in [1.54, 1.807) is 0 Å². The van der Waals surface area contributed by atoms with Gasteiger partial charge < -0.3 is 10.1 Å². The monoisotopic (exact) mass is 362 g/mol. The SMILES string of the molecule is CC(C)(CNc1nc(-c2ccccc2)c2ccccc2n1)N1CCOCC1. The summed E-state index contributed by atoms with van der Waals surface area (Å²) in [5, 5.41) is 4.55. The molecule has 0 saturated carbocycles. The molecule has 2 heterocycles. The van der Waals surface area contributed by atoms with Crippen LogP contribution in [-0.4, -0.2) is 53.3 Å². The average molecular weight is 362 g/mol. The number of hydrogen-bond donors (Lipinski definition) is 1. The molecule has 1 saturated heterocycles. The Morgan fingerprint density at radius 2 is 1.67 bits per heavy atom. The van der Waals surface area contributed by atoms with Crippen LogP contribution in [0.3, 0.4) is 0 Å². The van der Waals surface area contributed by atoms with Crippen LogP contribution in [0.1, 0.15) is 13.8 Å². The maximum absolute atomic E-state index is 5.48. The zero-order valence-electron chi connectivity index (χ0n) is 16.0. The second-order valence-corrected chi connectivity index (χ2v) is 7.54. The van der Waals surface area contributed by atoms with Crippen molar-refractivity contribution >= 4 is 16.9 Å². The predicted octanol–water partition coefficient (Wildman–Crippen LogP) is 3.82. The summed E-state index contributed by atoms with van der Waals surface area (Å²) < 4.78 is 5.48. The molecule has 0 unspecified atom stereocenters. The second kappa shape index (κ2) is 7.62. The summed E-state index contributed by atoms with van der Waals surface area (Å²) >= 11 is 0. The van der Waals surface area contributed by atoms with E-state index in [0.29, 0.717) is 5.95 Å². The maximum atomic E-state index is 5.48. The highest BCUT2D eigenvalue weighted by atomic mass is 16.5. The van der Waals surface area contributed by atoms with Gasteiger partial charge in [0.05, 0.1) is 24.4 Å². The highest BCUT2D eigenvalue weighted by Crippen LogP contribution is 2.27. The number of fused-ring (bicyclic) bond motifs is 1. The van der Waals surface area contributed by atoms with E-state index in [9.17, 15) is 0 Å². The summed E-state index contributed by atoms with van der Waals surface area (Å²) in [5.41, 5.74) is 3.03. The first-order chi connectivity index (χ1) is 13.1. The van der Waals surface area contributed by atoms with Crippen molar-refractivity contribution in [3.05, 3.63) is 54.6 Å². The van der Waals surface area contributed by atoms with Crippen molar-refractivity contribution in [3.63, 3.8) is 0 Å². The summed E-state index contributed by atoms with van der Waals surface area (Å²) in [6, 6.07) is 18.5. The number of ether oxygens (including phenoxy) is 1. The lowest BCUT2D eigenvalue weighted by Gasteiger charge is -2.40. The summed E-state index contributed by atoms with van der Waals surface area (Å²) in [5.74, 6) is 0.675. The molecule has 0 bridgehead atoms. The number of rotatable bonds is 5. The highest BCUT2D eigenvalue weighted by molar-refractivity contribution is 5.93. The zero-order chi connectivity index (χ0) is 18.7. The van der Waals surface area contributed by atoms with Gasteiger partial charge in [-0.15, -0.1) is 0 Å². The van der Waals surface area contributed by atoms with Gasteiger partial charge in [-0.05, 0) is 19.9 Å². The molecule has 1 aromatic heterocycles. The minimum Gasteiger partial charge on any atom is -0.379 e. The van der Waals surface area contributed by atoms with Crippen LogP contribution in [0.15, 0.2) is 54.6 Å². The summed E-state index contributed by atoms with van der Waals surface area (Å²) in [6.45, 7) is 8.81. The number of nitrogens with zero attached hydrogens (tertiary/aromatic N) is 3. The molecular formula is C22H26N4O. The molecule has 1 aliphatic heterocycles. The van der Waals surface area contributed by atoms with Crippen molar-refractivity contribution in [1.29, 1.82) is 0 Å². The van der Waals surface area contributed by atoms with Gasteiger partial charge in [-0.1, -0.05) is 48.5 Å². The molecule has 5 nitrogen and oxygen atoms in total. The number of benzene rings is 2. The van der Waals surface area contributed by atoms with E-state index in [1.165, 1.54) is 0 Å². The number of para-hydroxylation sites is 1. The van der Waals surface area contributed by atoms with E-state index in [1.807, 2.05) is 36.4 Å². The van der Waals surface area contributed by atoms with E-state index in [-0.39, 0.29) is 5.54 Å². The molecule has 2 aromatic carbocycles. The van der Waals surface area contributed by atoms with Crippen LogP contribution in [-0.2, 0) is 4.74 Å². The fourth-order valence-corrected chi connectivity index (χ4v) is 3.55. The summed E-state index contributed by atoms with van der Waals surface area (Å²) in [4.78, 5) is 12.1. The molecule has 0 spiro atoms. The summed E-state index contributed by atoms with van der Waals surface area (Å²) in [7, 11) is 0. The van der Waals surface area contributed by atoms with Gasteiger partial charge in [-0.2, -0.15) is 0 Å². The Morgan fingerprint density at radius 1 is 0.963 bits per heavy atom. The topological polar surface area (TPSA) is 50.3 Å². The van der Waals surface area contributed by atoms with E-state index in [0.717, 1.165) is 55.0 Å². The number of hydrogen-bond acceptors (Lipinski definition) is 5. The molecule has 5 heteroatoms. The van der Waals surface area contributed by atoms with Gasteiger partial charge >= 0.3 is 0 Å².